The van der Waals surface area contributed by atoms with Crippen LogP contribution in [0.4, 0.5) is 35.9 Å². The average molecular weight is 618 g/mol. The second-order valence-corrected chi connectivity index (χ2v) is 9.19. The quantitative estimate of drug-likeness (QED) is 0.365. The van der Waals surface area contributed by atoms with Gasteiger partial charge < -0.3 is 29.3 Å². The van der Waals surface area contributed by atoms with Gasteiger partial charge in [0, 0.05) is 31.1 Å². The summed E-state index contributed by atoms with van der Waals surface area (Å²) in [7, 11) is 0. The van der Waals surface area contributed by atoms with Crippen molar-refractivity contribution in [3.05, 3.63) is 59.3 Å². The Bertz CT molecular complexity index is 1450. The van der Waals surface area contributed by atoms with Crippen LogP contribution in [-0.4, -0.2) is 88.2 Å². The molecule has 2 fully saturated rings. The summed E-state index contributed by atoms with van der Waals surface area (Å²) in [5.41, 5.74) is -3.38. The van der Waals surface area contributed by atoms with Crippen LogP contribution in [-0.2, 0) is 21.8 Å². The van der Waals surface area contributed by atoms with Crippen molar-refractivity contribution in [2.24, 2.45) is 0 Å². The van der Waals surface area contributed by atoms with Crippen LogP contribution in [0.1, 0.15) is 22.9 Å². The molecule has 1 aromatic carbocycles. The molecule has 0 aliphatic carbocycles. The van der Waals surface area contributed by atoms with Gasteiger partial charge in [0.25, 0.3) is 0 Å². The van der Waals surface area contributed by atoms with Crippen LogP contribution in [0.5, 0.6) is 11.6 Å². The highest BCUT2D eigenvalue weighted by Crippen LogP contribution is 2.39. The zero-order valence-electron chi connectivity index (χ0n) is 22.1. The Morgan fingerprint density at radius 3 is 2.05 bits per heavy atom. The number of hydrogen-bond acceptors (Lipinski definition) is 7. The molecule has 1 atom stereocenters. The zero-order chi connectivity index (χ0) is 31.4. The summed E-state index contributed by atoms with van der Waals surface area (Å²) in [5, 5.41) is 17.1. The van der Waals surface area contributed by atoms with Crippen molar-refractivity contribution in [2.45, 2.75) is 18.4 Å². The van der Waals surface area contributed by atoms with E-state index in [1.807, 2.05) is 0 Å². The molecule has 5 rings (SSSR count). The molecular formula is C26H24F6N4O7. The van der Waals surface area contributed by atoms with E-state index in [0.717, 1.165) is 12.1 Å². The lowest BCUT2D eigenvalue weighted by Gasteiger charge is -2.33. The highest BCUT2D eigenvalue weighted by Gasteiger charge is 2.39. The first-order valence-electron chi connectivity index (χ1n) is 12.6. The van der Waals surface area contributed by atoms with Crippen molar-refractivity contribution in [3.63, 3.8) is 0 Å². The van der Waals surface area contributed by atoms with Gasteiger partial charge in [-0.3, -0.25) is 4.90 Å². The van der Waals surface area contributed by atoms with Crippen LogP contribution in [0.25, 0.3) is 11.0 Å². The number of ether oxygens (including phenoxy) is 3. The third-order valence-corrected chi connectivity index (χ3v) is 6.39. The SMILES string of the molecule is O=C(O)N1CCOCC1.O=C(O)N1CCOCC1c1ccc(Oc2ccc3c(C(F)(F)F)cc(C(F)(F)F)nc3n2)cc1. The smallest absolute Gasteiger partial charge is 0.433 e. The van der Waals surface area contributed by atoms with Crippen LogP contribution in [0, 0.1) is 0 Å². The normalized spacial score (nSPS) is 17.7. The average Bonchev–Trinajstić information content (AvgIpc) is 2.96. The fraction of sp³-hybridized carbons (Fsp3) is 0.385. The second kappa shape index (κ2) is 12.9. The van der Waals surface area contributed by atoms with E-state index in [9.17, 15) is 41.0 Å². The summed E-state index contributed by atoms with van der Waals surface area (Å²) in [6.45, 7) is 2.72. The van der Waals surface area contributed by atoms with E-state index in [1.54, 1.807) is 12.1 Å². The maximum Gasteiger partial charge on any atom is 0.433 e. The molecule has 232 valence electrons. The number of halogens is 6. The molecule has 11 nitrogen and oxygen atoms in total. The maximum absolute atomic E-state index is 13.3. The van der Waals surface area contributed by atoms with E-state index in [0.29, 0.717) is 31.9 Å². The number of aromatic nitrogens is 2. The molecule has 2 aliphatic heterocycles. The van der Waals surface area contributed by atoms with E-state index in [2.05, 4.69) is 9.97 Å². The van der Waals surface area contributed by atoms with Crippen LogP contribution in [0.3, 0.4) is 0 Å². The number of benzene rings is 1. The molecule has 0 saturated carbocycles. The number of nitrogens with zero attached hydrogens (tertiary/aromatic N) is 4. The van der Waals surface area contributed by atoms with Crippen LogP contribution >= 0.6 is 0 Å². The fourth-order valence-corrected chi connectivity index (χ4v) is 4.27. The van der Waals surface area contributed by atoms with Gasteiger partial charge in [-0.1, -0.05) is 12.1 Å². The largest absolute Gasteiger partial charge is 0.465 e. The fourth-order valence-electron chi connectivity index (χ4n) is 4.27. The number of fused-ring (bicyclic) bond motifs is 1. The van der Waals surface area contributed by atoms with Gasteiger partial charge in [0.05, 0.1) is 38.0 Å². The molecule has 0 radical (unpaired) electrons. The Morgan fingerprint density at radius 1 is 0.837 bits per heavy atom. The Kier molecular flexibility index (Phi) is 9.44. The molecule has 0 spiro atoms. The summed E-state index contributed by atoms with van der Waals surface area (Å²) >= 11 is 0. The van der Waals surface area contributed by atoms with Crippen molar-refractivity contribution in [1.82, 2.24) is 19.8 Å². The first-order chi connectivity index (χ1) is 20.2. The maximum atomic E-state index is 13.3. The third-order valence-electron chi connectivity index (χ3n) is 6.39. The van der Waals surface area contributed by atoms with Crippen LogP contribution < -0.4 is 4.74 Å². The molecule has 3 aromatic rings. The Morgan fingerprint density at radius 2 is 1.49 bits per heavy atom. The Labute approximate surface area is 239 Å². The monoisotopic (exact) mass is 618 g/mol. The number of alkyl halides is 6. The van der Waals surface area contributed by atoms with E-state index in [1.165, 1.54) is 21.9 Å². The highest BCUT2D eigenvalue weighted by molar-refractivity contribution is 5.80. The molecule has 43 heavy (non-hydrogen) atoms. The number of rotatable bonds is 3. The first kappa shape index (κ1) is 31.6. The van der Waals surface area contributed by atoms with Crippen molar-refractivity contribution in [3.8, 4) is 11.6 Å². The van der Waals surface area contributed by atoms with E-state index in [4.69, 9.17) is 19.3 Å². The Balaban J connectivity index is 0.000000403. The van der Waals surface area contributed by atoms with E-state index in [-0.39, 0.29) is 37.5 Å². The summed E-state index contributed by atoms with van der Waals surface area (Å²) in [4.78, 5) is 31.2. The van der Waals surface area contributed by atoms with Crippen molar-refractivity contribution < 1.29 is 60.4 Å². The van der Waals surface area contributed by atoms with Crippen molar-refractivity contribution >= 4 is 23.2 Å². The predicted molar refractivity (Wildman–Crippen MR) is 135 cm³/mol. The number of pyridine rings is 2. The zero-order valence-corrected chi connectivity index (χ0v) is 22.1. The molecule has 0 bridgehead atoms. The number of carbonyl (C=O) groups is 2. The van der Waals surface area contributed by atoms with Crippen LogP contribution in [0.2, 0.25) is 0 Å². The van der Waals surface area contributed by atoms with Gasteiger partial charge in [-0.25, -0.2) is 14.6 Å². The molecule has 1 unspecified atom stereocenters. The summed E-state index contributed by atoms with van der Waals surface area (Å²) < 4.78 is 94.8. The van der Waals surface area contributed by atoms with Gasteiger partial charge in [-0.05, 0) is 29.8 Å². The number of carboxylic acid groups (broad SMARTS) is 2. The summed E-state index contributed by atoms with van der Waals surface area (Å²) in [5.74, 6) is -0.0921. The number of amides is 2. The number of morpholine rings is 2. The summed E-state index contributed by atoms with van der Waals surface area (Å²) in [6, 6.07) is 7.52. The minimum Gasteiger partial charge on any atom is -0.465 e. The standard InChI is InChI=1S/C21H15F6N3O4.C5H9NO3/c22-20(23,24)14-9-16(21(25,26)27)28-18-13(14)5-6-17(29-18)34-12-3-1-11(2-4-12)15-10-33-8-7-30(15)19(31)32;7-5(8)6-1-3-9-4-2-6/h1-6,9,15H,7-8,10H2,(H,31,32);1-4H2,(H,7,8). The number of hydrogen-bond donors (Lipinski definition) is 2. The first-order valence-corrected chi connectivity index (χ1v) is 12.6. The van der Waals surface area contributed by atoms with Crippen LogP contribution in [0.15, 0.2) is 42.5 Å². The molecule has 2 aliphatic rings. The third kappa shape index (κ3) is 7.92. The van der Waals surface area contributed by atoms with Gasteiger partial charge >= 0.3 is 24.5 Å². The van der Waals surface area contributed by atoms with E-state index >= 15 is 0 Å². The molecule has 2 saturated heterocycles. The lowest BCUT2D eigenvalue weighted by molar-refractivity contribution is -0.144. The van der Waals surface area contributed by atoms with Gasteiger partial charge in [0.2, 0.25) is 5.88 Å². The predicted octanol–water partition coefficient (Wildman–Crippen LogP) is 5.51. The van der Waals surface area contributed by atoms with Crippen molar-refractivity contribution in [2.75, 3.05) is 46.1 Å². The lowest BCUT2D eigenvalue weighted by Crippen LogP contribution is -2.42. The topological polar surface area (TPSA) is 135 Å². The minimum absolute atomic E-state index is 0.0569. The Hall–Kier alpha value is -4.38. The molecule has 2 N–H and O–H groups in total. The summed E-state index contributed by atoms with van der Waals surface area (Å²) in [6.07, 6.45) is -12.1. The van der Waals surface area contributed by atoms with Gasteiger partial charge in [0.15, 0.2) is 5.65 Å². The van der Waals surface area contributed by atoms with Gasteiger partial charge in [-0.15, -0.1) is 0 Å². The van der Waals surface area contributed by atoms with Crippen molar-refractivity contribution in [1.29, 1.82) is 0 Å². The van der Waals surface area contributed by atoms with E-state index < -0.39 is 52.9 Å². The highest BCUT2D eigenvalue weighted by atomic mass is 19.4. The molecule has 4 heterocycles. The van der Waals surface area contributed by atoms with Gasteiger partial charge in [0.1, 0.15) is 11.4 Å². The second-order valence-electron chi connectivity index (χ2n) is 9.19. The molecule has 2 amide bonds. The molecular weight excluding hydrogens is 594 g/mol. The molecule has 2 aromatic heterocycles. The van der Waals surface area contributed by atoms with Gasteiger partial charge in [-0.2, -0.15) is 31.3 Å². The lowest BCUT2D eigenvalue weighted by atomic mass is 10.1. The molecule has 17 heteroatoms. The minimum atomic E-state index is -5.10.